The third kappa shape index (κ3) is 4.36. The Kier molecular flexibility index (Phi) is 4.60. The van der Waals surface area contributed by atoms with E-state index in [1.54, 1.807) is 6.20 Å². The average Bonchev–Trinajstić information content (AvgIpc) is 2.37. The zero-order chi connectivity index (χ0) is 13.7. The fourth-order valence-corrected chi connectivity index (χ4v) is 2.33. The van der Waals surface area contributed by atoms with Gasteiger partial charge >= 0.3 is 6.18 Å². The summed E-state index contributed by atoms with van der Waals surface area (Å²) >= 11 is 1.33. The summed E-state index contributed by atoms with van der Waals surface area (Å²) in [5.41, 5.74) is 0. The van der Waals surface area contributed by atoms with Crippen molar-refractivity contribution in [2.75, 3.05) is 19.0 Å². The lowest BCUT2D eigenvalue weighted by atomic mass is 10.2. The van der Waals surface area contributed by atoms with Crippen LogP contribution in [0.3, 0.4) is 0 Å². The molecule has 0 saturated carbocycles. The first-order chi connectivity index (χ1) is 9.06. The van der Waals surface area contributed by atoms with Crippen LogP contribution in [-0.4, -0.2) is 35.3 Å². The normalized spacial score (nSPS) is 11.9. The van der Waals surface area contributed by atoms with Crippen molar-refractivity contribution in [1.82, 2.24) is 10.2 Å². The van der Waals surface area contributed by atoms with Crippen molar-refractivity contribution in [3.8, 4) is 0 Å². The Labute approximate surface area is 112 Å². The van der Waals surface area contributed by atoms with Crippen LogP contribution in [0.1, 0.15) is 0 Å². The number of halogens is 3. The highest BCUT2D eigenvalue weighted by atomic mass is 32.2. The van der Waals surface area contributed by atoms with Crippen LogP contribution in [0.25, 0.3) is 10.8 Å². The monoisotopic (exact) mass is 288 g/mol. The smallest absolute Gasteiger partial charge is 0.371 e. The maximum absolute atomic E-state index is 11.9. The maximum Gasteiger partial charge on any atom is 0.411 e. The Bertz CT molecular complexity index is 542. The molecule has 0 spiro atoms. The lowest BCUT2D eigenvalue weighted by molar-refractivity contribution is -0.172. The molecule has 1 aromatic carbocycles. The average molecular weight is 288 g/mol. The van der Waals surface area contributed by atoms with Gasteiger partial charge < -0.3 is 4.74 Å². The zero-order valence-electron chi connectivity index (χ0n) is 9.85. The highest BCUT2D eigenvalue weighted by molar-refractivity contribution is 7.99. The molecule has 0 atom stereocenters. The van der Waals surface area contributed by atoms with E-state index in [4.69, 9.17) is 0 Å². The molecule has 2 rings (SSSR count). The third-order valence-corrected chi connectivity index (χ3v) is 3.21. The Hall–Kier alpha value is -1.34. The lowest BCUT2D eigenvalue weighted by Gasteiger charge is -2.07. The number of nitrogens with zero attached hydrogens (tertiary/aromatic N) is 2. The highest BCUT2D eigenvalue weighted by Crippen LogP contribution is 2.24. The van der Waals surface area contributed by atoms with E-state index in [1.165, 1.54) is 11.8 Å². The van der Waals surface area contributed by atoms with Crippen LogP contribution >= 0.6 is 11.8 Å². The minimum Gasteiger partial charge on any atom is -0.371 e. The van der Waals surface area contributed by atoms with Gasteiger partial charge in [0.1, 0.15) is 11.6 Å². The van der Waals surface area contributed by atoms with Gasteiger partial charge in [-0.25, -0.2) is 0 Å². The van der Waals surface area contributed by atoms with Gasteiger partial charge in [0.25, 0.3) is 0 Å². The number of fused-ring (bicyclic) bond motifs is 1. The number of rotatable bonds is 5. The molecule has 19 heavy (non-hydrogen) atoms. The largest absolute Gasteiger partial charge is 0.411 e. The van der Waals surface area contributed by atoms with E-state index in [0.717, 1.165) is 10.8 Å². The lowest BCUT2D eigenvalue weighted by Crippen LogP contribution is -2.17. The molecular formula is C12H11F3N2OS. The second-order valence-electron chi connectivity index (χ2n) is 3.75. The number of benzene rings is 1. The van der Waals surface area contributed by atoms with E-state index >= 15 is 0 Å². The van der Waals surface area contributed by atoms with Crippen LogP contribution in [0.4, 0.5) is 13.2 Å². The van der Waals surface area contributed by atoms with Gasteiger partial charge in [-0.2, -0.15) is 18.3 Å². The first-order valence-electron chi connectivity index (χ1n) is 5.54. The fraction of sp³-hybridized carbons (Fsp3) is 0.333. The molecular weight excluding hydrogens is 277 g/mol. The molecule has 0 N–H and O–H groups in total. The van der Waals surface area contributed by atoms with E-state index in [1.807, 2.05) is 24.3 Å². The fourth-order valence-electron chi connectivity index (χ4n) is 1.49. The van der Waals surface area contributed by atoms with Crippen LogP contribution in [0.5, 0.6) is 0 Å². The minimum absolute atomic E-state index is 0.0229. The number of hydrogen-bond acceptors (Lipinski definition) is 4. The first-order valence-corrected chi connectivity index (χ1v) is 6.52. The van der Waals surface area contributed by atoms with Gasteiger partial charge in [0, 0.05) is 16.5 Å². The Balaban J connectivity index is 1.88. The summed E-state index contributed by atoms with van der Waals surface area (Å²) in [6, 6.07) is 7.59. The van der Waals surface area contributed by atoms with Gasteiger partial charge in [0.15, 0.2) is 0 Å². The molecule has 0 fully saturated rings. The minimum atomic E-state index is -4.27. The molecule has 0 aliphatic carbocycles. The number of hydrogen-bond donors (Lipinski definition) is 0. The van der Waals surface area contributed by atoms with Crippen molar-refractivity contribution in [3.63, 3.8) is 0 Å². The maximum atomic E-state index is 11.9. The molecule has 0 aliphatic rings. The van der Waals surface area contributed by atoms with Gasteiger partial charge in [-0.1, -0.05) is 24.3 Å². The second kappa shape index (κ2) is 6.21. The summed E-state index contributed by atoms with van der Waals surface area (Å²) in [4.78, 5) is 0. The predicted octanol–water partition coefficient (Wildman–Crippen LogP) is 3.30. The topological polar surface area (TPSA) is 35.0 Å². The number of aromatic nitrogens is 2. The predicted molar refractivity (Wildman–Crippen MR) is 67.1 cm³/mol. The zero-order valence-corrected chi connectivity index (χ0v) is 10.7. The highest BCUT2D eigenvalue weighted by Gasteiger charge is 2.27. The van der Waals surface area contributed by atoms with Crippen LogP contribution in [0.15, 0.2) is 35.5 Å². The van der Waals surface area contributed by atoms with Crippen LogP contribution in [-0.2, 0) is 4.74 Å². The second-order valence-corrected chi connectivity index (χ2v) is 4.84. The third-order valence-electron chi connectivity index (χ3n) is 2.27. The van der Waals surface area contributed by atoms with Crippen LogP contribution < -0.4 is 0 Å². The molecule has 0 saturated heterocycles. The quantitative estimate of drug-likeness (QED) is 0.624. The molecule has 102 valence electrons. The van der Waals surface area contributed by atoms with Crippen molar-refractivity contribution < 1.29 is 17.9 Å². The molecule has 0 bridgehead atoms. The molecule has 2 aromatic rings. The van der Waals surface area contributed by atoms with Gasteiger partial charge in [-0.15, -0.1) is 16.9 Å². The van der Waals surface area contributed by atoms with E-state index in [9.17, 15) is 13.2 Å². The van der Waals surface area contributed by atoms with Gasteiger partial charge in [0.05, 0.1) is 12.8 Å². The van der Waals surface area contributed by atoms with Crippen molar-refractivity contribution in [1.29, 1.82) is 0 Å². The molecule has 1 aromatic heterocycles. The van der Waals surface area contributed by atoms with Crippen molar-refractivity contribution >= 4 is 22.5 Å². The van der Waals surface area contributed by atoms with E-state index < -0.39 is 12.8 Å². The van der Waals surface area contributed by atoms with Gasteiger partial charge in [-0.3, -0.25) is 0 Å². The van der Waals surface area contributed by atoms with Gasteiger partial charge in [-0.05, 0) is 0 Å². The summed E-state index contributed by atoms with van der Waals surface area (Å²) in [7, 11) is 0. The molecule has 7 heteroatoms. The molecule has 3 nitrogen and oxygen atoms in total. The Morgan fingerprint density at radius 3 is 2.79 bits per heavy atom. The number of alkyl halides is 3. The summed E-state index contributed by atoms with van der Waals surface area (Å²) in [5.74, 6) is 0.402. The number of ether oxygens (including phenoxy) is 1. The molecule has 0 radical (unpaired) electrons. The van der Waals surface area contributed by atoms with Gasteiger partial charge in [0.2, 0.25) is 0 Å². The summed E-state index contributed by atoms with van der Waals surface area (Å²) < 4.78 is 40.1. The van der Waals surface area contributed by atoms with Crippen molar-refractivity contribution in [2.45, 2.75) is 11.2 Å². The SMILES string of the molecule is FC(F)(F)COCCSc1nncc2ccccc12. The summed E-state index contributed by atoms with van der Waals surface area (Å²) in [5, 5.41) is 10.4. The molecule has 0 unspecified atom stereocenters. The van der Waals surface area contributed by atoms with Crippen molar-refractivity contribution in [2.24, 2.45) is 0 Å². The summed E-state index contributed by atoms with van der Waals surface area (Å²) in [6.45, 7) is -1.19. The van der Waals surface area contributed by atoms with E-state index in [-0.39, 0.29) is 6.61 Å². The molecule has 1 heterocycles. The first kappa shape index (κ1) is 14.1. The van der Waals surface area contributed by atoms with Crippen molar-refractivity contribution in [3.05, 3.63) is 30.5 Å². The van der Waals surface area contributed by atoms with E-state index in [2.05, 4.69) is 14.9 Å². The van der Waals surface area contributed by atoms with Crippen LogP contribution in [0.2, 0.25) is 0 Å². The Morgan fingerprint density at radius 2 is 2.00 bits per heavy atom. The molecule has 0 amide bonds. The summed E-state index contributed by atoms with van der Waals surface area (Å²) in [6.07, 6.45) is -2.62. The Morgan fingerprint density at radius 1 is 1.21 bits per heavy atom. The number of thioether (sulfide) groups is 1. The van der Waals surface area contributed by atoms with Crippen LogP contribution in [0, 0.1) is 0 Å². The molecule has 0 aliphatic heterocycles. The van der Waals surface area contributed by atoms with E-state index in [0.29, 0.717) is 10.8 Å². The standard InChI is InChI=1S/C12H11F3N2OS/c13-12(14,15)8-18-5-6-19-11-10-4-2-1-3-9(10)7-16-17-11/h1-4,7H,5-6,8H2.